The molecule has 0 bridgehead atoms. The molecule has 0 fully saturated rings. The molecule has 3 rings (SSSR count). The van der Waals surface area contributed by atoms with E-state index in [0.29, 0.717) is 27.8 Å². The van der Waals surface area contributed by atoms with Crippen LogP contribution < -0.4 is 10.5 Å². The Hall–Kier alpha value is -2.73. The van der Waals surface area contributed by atoms with Crippen molar-refractivity contribution in [3.8, 4) is 0 Å². The van der Waals surface area contributed by atoms with E-state index in [2.05, 4.69) is 11.1 Å². The van der Waals surface area contributed by atoms with Crippen LogP contribution in [0.15, 0.2) is 41.2 Å². The molecule has 0 saturated carbocycles. The molecular formula is C20H21N3O2S. The summed E-state index contributed by atoms with van der Waals surface area (Å²) in [5, 5.41) is 0.519. The molecule has 0 aliphatic carbocycles. The summed E-state index contributed by atoms with van der Waals surface area (Å²) in [7, 11) is 1.75. The lowest BCUT2D eigenvalue weighted by atomic mass is 10.1. The molecule has 0 spiro atoms. The molecule has 6 heteroatoms. The fourth-order valence-electron chi connectivity index (χ4n) is 3.13. The van der Waals surface area contributed by atoms with Crippen LogP contribution in [0.5, 0.6) is 0 Å². The Morgan fingerprint density at radius 2 is 1.81 bits per heavy atom. The Morgan fingerprint density at radius 3 is 2.42 bits per heavy atom. The number of rotatable bonds is 3. The lowest BCUT2D eigenvalue weighted by Gasteiger charge is -2.19. The second-order valence-electron chi connectivity index (χ2n) is 6.45. The van der Waals surface area contributed by atoms with Gasteiger partial charge in [-0.25, -0.2) is 0 Å². The number of anilines is 1. The van der Waals surface area contributed by atoms with Gasteiger partial charge in [0.15, 0.2) is 4.77 Å². The minimum atomic E-state index is -0.145. The molecule has 0 atom stereocenters. The number of amides is 1. The van der Waals surface area contributed by atoms with E-state index in [4.69, 9.17) is 12.2 Å². The van der Waals surface area contributed by atoms with Gasteiger partial charge in [-0.1, -0.05) is 6.07 Å². The Balaban J connectivity index is 2.06. The van der Waals surface area contributed by atoms with E-state index in [1.54, 1.807) is 30.1 Å². The van der Waals surface area contributed by atoms with Crippen LogP contribution in [0.2, 0.25) is 0 Å². The van der Waals surface area contributed by atoms with E-state index in [0.717, 1.165) is 16.8 Å². The van der Waals surface area contributed by atoms with Crippen LogP contribution in [0.1, 0.15) is 28.4 Å². The van der Waals surface area contributed by atoms with Gasteiger partial charge in [0.05, 0.1) is 10.9 Å². The average Bonchev–Trinajstić information content (AvgIpc) is 2.59. The van der Waals surface area contributed by atoms with Crippen molar-refractivity contribution in [3.63, 3.8) is 0 Å². The van der Waals surface area contributed by atoms with E-state index in [9.17, 15) is 9.59 Å². The summed E-state index contributed by atoms with van der Waals surface area (Å²) in [5.74, 6) is -0.143. The number of nitrogens with one attached hydrogen (secondary N) is 1. The molecule has 2 aromatic carbocycles. The third-order valence-corrected chi connectivity index (χ3v) is 4.77. The normalized spacial score (nSPS) is 10.9. The van der Waals surface area contributed by atoms with Crippen LogP contribution >= 0.6 is 12.2 Å². The zero-order valence-electron chi connectivity index (χ0n) is 15.3. The number of benzene rings is 2. The van der Waals surface area contributed by atoms with Gasteiger partial charge in [-0.3, -0.25) is 14.2 Å². The highest BCUT2D eigenvalue weighted by Gasteiger charge is 2.15. The maximum atomic E-state index is 12.9. The first-order valence-corrected chi connectivity index (χ1v) is 8.86. The number of aryl methyl sites for hydroxylation is 2. The summed E-state index contributed by atoms with van der Waals surface area (Å²) < 4.78 is 1.86. The third-order valence-electron chi connectivity index (χ3n) is 4.44. The lowest BCUT2D eigenvalue weighted by Crippen LogP contribution is -2.27. The van der Waals surface area contributed by atoms with Crippen molar-refractivity contribution in [2.45, 2.75) is 27.3 Å². The number of carbonyl (C=O) groups is 1. The lowest BCUT2D eigenvalue weighted by molar-refractivity contribution is 0.0993. The van der Waals surface area contributed by atoms with Gasteiger partial charge < -0.3 is 9.88 Å². The van der Waals surface area contributed by atoms with E-state index >= 15 is 0 Å². The van der Waals surface area contributed by atoms with Gasteiger partial charge in [-0.15, -0.1) is 0 Å². The molecule has 26 heavy (non-hydrogen) atoms. The van der Waals surface area contributed by atoms with E-state index in [1.165, 1.54) is 4.57 Å². The number of nitrogens with zero attached hydrogens (tertiary/aromatic N) is 2. The first-order valence-electron chi connectivity index (χ1n) is 8.45. The van der Waals surface area contributed by atoms with Crippen LogP contribution in [-0.2, 0) is 6.54 Å². The highest BCUT2D eigenvalue weighted by atomic mass is 32.1. The molecule has 0 saturated heterocycles. The van der Waals surface area contributed by atoms with E-state index < -0.39 is 0 Å². The van der Waals surface area contributed by atoms with Crippen LogP contribution in [0.25, 0.3) is 10.9 Å². The van der Waals surface area contributed by atoms with Gasteiger partial charge in [-0.05, 0) is 74.4 Å². The van der Waals surface area contributed by atoms with Gasteiger partial charge in [0.1, 0.15) is 0 Å². The second-order valence-corrected chi connectivity index (χ2v) is 6.84. The average molecular weight is 367 g/mol. The summed E-state index contributed by atoms with van der Waals surface area (Å²) in [4.78, 5) is 30.0. The maximum Gasteiger partial charge on any atom is 0.262 e. The van der Waals surface area contributed by atoms with Gasteiger partial charge in [0, 0.05) is 24.8 Å². The molecule has 1 aromatic heterocycles. The fourth-order valence-corrected chi connectivity index (χ4v) is 3.45. The first-order chi connectivity index (χ1) is 12.3. The predicted octanol–water partition coefficient (Wildman–Crippen LogP) is 3.97. The van der Waals surface area contributed by atoms with E-state index in [-0.39, 0.29) is 11.5 Å². The van der Waals surface area contributed by atoms with Crippen LogP contribution in [0.4, 0.5) is 5.69 Å². The molecule has 1 amide bonds. The van der Waals surface area contributed by atoms with Crippen LogP contribution in [0, 0.1) is 18.6 Å². The molecule has 1 N–H and O–H groups in total. The van der Waals surface area contributed by atoms with Crippen LogP contribution in [0.3, 0.4) is 0 Å². The number of hydrogen-bond donors (Lipinski definition) is 1. The second kappa shape index (κ2) is 6.88. The fraction of sp³-hybridized carbons (Fsp3) is 0.250. The predicted molar refractivity (Wildman–Crippen MR) is 108 cm³/mol. The Morgan fingerprint density at radius 1 is 1.15 bits per heavy atom. The Kier molecular flexibility index (Phi) is 4.78. The number of aromatic nitrogens is 2. The molecular weight excluding hydrogens is 346 g/mol. The summed E-state index contributed by atoms with van der Waals surface area (Å²) in [6.07, 6.45) is 0. The number of fused-ring (bicyclic) bond motifs is 1. The highest BCUT2D eigenvalue weighted by molar-refractivity contribution is 7.71. The smallest absolute Gasteiger partial charge is 0.262 e. The quantitative estimate of drug-likeness (QED) is 0.713. The Labute approximate surface area is 156 Å². The van der Waals surface area contributed by atoms with Crippen molar-refractivity contribution < 1.29 is 4.79 Å². The van der Waals surface area contributed by atoms with Gasteiger partial charge in [0.25, 0.3) is 11.5 Å². The summed E-state index contributed by atoms with van der Waals surface area (Å²) >= 11 is 5.24. The standard InChI is InChI=1S/C20H21N3O2S/c1-5-23-19(25)16-7-6-14(11-17(16)21-20(23)26)18(24)22(4)15-9-12(2)8-13(3)10-15/h6-11H,5H2,1-4H3,(H,21,26). The molecule has 0 aliphatic heterocycles. The number of aromatic amines is 1. The molecule has 3 aromatic rings. The molecule has 1 heterocycles. The molecule has 0 unspecified atom stereocenters. The number of hydrogen-bond acceptors (Lipinski definition) is 3. The number of H-pyrrole nitrogens is 1. The van der Waals surface area contributed by atoms with Crippen molar-refractivity contribution in [3.05, 3.63) is 68.2 Å². The molecule has 0 radical (unpaired) electrons. The van der Waals surface area contributed by atoms with Crippen molar-refractivity contribution in [1.29, 1.82) is 0 Å². The summed E-state index contributed by atoms with van der Waals surface area (Å²) in [6.45, 7) is 6.38. The van der Waals surface area contributed by atoms with Crippen molar-refractivity contribution in [2.24, 2.45) is 0 Å². The van der Waals surface area contributed by atoms with Gasteiger partial charge in [-0.2, -0.15) is 0 Å². The van der Waals surface area contributed by atoms with Gasteiger partial charge >= 0.3 is 0 Å². The minimum absolute atomic E-state index is 0.143. The van der Waals surface area contributed by atoms with E-state index in [1.807, 2.05) is 32.9 Å². The van der Waals surface area contributed by atoms with Gasteiger partial charge in [0.2, 0.25) is 0 Å². The third kappa shape index (κ3) is 3.20. The van der Waals surface area contributed by atoms with Crippen molar-refractivity contribution in [2.75, 3.05) is 11.9 Å². The van der Waals surface area contributed by atoms with Crippen LogP contribution in [-0.4, -0.2) is 22.5 Å². The van der Waals surface area contributed by atoms with Crippen molar-refractivity contribution >= 4 is 34.7 Å². The zero-order valence-corrected chi connectivity index (χ0v) is 16.1. The summed E-state index contributed by atoms with van der Waals surface area (Å²) in [5.41, 5.74) is 3.96. The Bertz CT molecular complexity index is 1110. The summed E-state index contributed by atoms with van der Waals surface area (Å²) in [6, 6.07) is 11.1. The monoisotopic (exact) mass is 367 g/mol. The SMILES string of the molecule is CCn1c(=S)[nH]c2cc(C(=O)N(C)c3cc(C)cc(C)c3)ccc2c1=O. The molecule has 0 aliphatic rings. The largest absolute Gasteiger partial charge is 0.332 e. The zero-order chi connectivity index (χ0) is 19.0. The maximum absolute atomic E-state index is 12.9. The van der Waals surface area contributed by atoms with Crippen molar-refractivity contribution in [1.82, 2.24) is 9.55 Å². The molecule has 5 nitrogen and oxygen atoms in total. The first kappa shape index (κ1) is 18.1. The topological polar surface area (TPSA) is 58.1 Å². The number of carbonyl (C=O) groups excluding carboxylic acids is 1. The minimum Gasteiger partial charge on any atom is -0.332 e. The molecule has 134 valence electrons. The highest BCUT2D eigenvalue weighted by Crippen LogP contribution is 2.20.